The zero-order chi connectivity index (χ0) is 10.3. The molecule has 77 valence electrons. The Balaban J connectivity index is 0.000000963. The number of aromatic nitrogens is 1. The molecule has 0 aliphatic heterocycles. The van der Waals surface area contributed by atoms with Gasteiger partial charge in [0.1, 0.15) is 0 Å². The molecule has 0 bridgehead atoms. The monoisotopic (exact) mass is 283 g/mol. The van der Waals surface area contributed by atoms with Gasteiger partial charge in [-0.25, -0.2) is 0 Å². The molecule has 1 heterocycles. The van der Waals surface area contributed by atoms with E-state index in [1.165, 1.54) is 27.9 Å². The Morgan fingerprint density at radius 2 is 2.00 bits per heavy atom. The van der Waals surface area contributed by atoms with Gasteiger partial charge < -0.3 is 0 Å². The summed E-state index contributed by atoms with van der Waals surface area (Å²) < 4.78 is 0. The Bertz CT molecular complexity index is 520. The molecule has 1 radical (unpaired) electrons. The van der Waals surface area contributed by atoms with E-state index in [-0.39, 0.29) is 32.7 Å². The summed E-state index contributed by atoms with van der Waals surface area (Å²) in [5.41, 5.74) is 6.53. The molecule has 0 saturated heterocycles. The standard InChI is InChI=1S/C14H12N.Y/c1-10-4-5-11-9-14-12(3-2-6-15-14)8-13(11)7-10;/h2-6H,8-9H2,1H3;/q-1;. The van der Waals surface area contributed by atoms with Crippen molar-refractivity contribution in [2.45, 2.75) is 19.8 Å². The van der Waals surface area contributed by atoms with Gasteiger partial charge in [0, 0.05) is 44.6 Å². The maximum atomic E-state index is 4.43. The fourth-order valence-corrected chi connectivity index (χ4v) is 2.17. The van der Waals surface area contributed by atoms with E-state index in [0.29, 0.717) is 0 Å². The second-order valence-corrected chi connectivity index (χ2v) is 4.11. The molecule has 0 spiro atoms. The quantitative estimate of drug-likeness (QED) is 0.578. The van der Waals surface area contributed by atoms with Crippen LogP contribution in [0.1, 0.15) is 27.9 Å². The van der Waals surface area contributed by atoms with Crippen LogP contribution in [0.3, 0.4) is 0 Å². The van der Waals surface area contributed by atoms with Gasteiger partial charge >= 0.3 is 0 Å². The third-order valence-electron chi connectivity index (χ3n) is 2.98. The molecule has 0 N–H and O–H groups in total. The van der Waals surface area contributed by atoms with E-state index in [9.17, 15) is 0 Å². The third-order valence-corrected chi connectivity index (χ3v) is 2.98. The average Bonchev–Trinajstić information content (AvgIpc) is 2.26. The maximum Gasteiger partial charge on any atom is 0.0367 e. The summed E-state index contributed by atoms with van der Waals surface area (Å²) in [7, 11) is 0. The van der Waals surface area contributed by atoms with Crippen molar-refractivity contribution in [3.8, 4) is 0 Å². The van der Waals surface area contributed by atoms with Crippen LogP contribution in [-0.2, 0) is 45.6 Å². The molecule has 2 aromatic rings. The molecular formula is C14H12NY-. The van der Waals surface area contributed by atoms with E-state index in [1.54, 1.807) is 0 Å². The van der Waals surface area contributed by atoms with E-state index in [1.807, 2.05) is 12.3 Å². The molecule has 0 fully saturated rings. The third kappa shape index (κ3) is 2.12. The van der Waals surface area contributed by atoms with E-state index in [0.717, 1.165) is 12.8 Å². The molecule has 0 amide bonds. The summed E-state index contributed by atoms with van der Waals surface area (Å²) in [6, 6.07) is 12.0. The number of hydrogen-bond acceptors (Lipinski definition) is 1. The first-order chi connectivity index (χ1) is 7.33. The zero-order valence-corrected chi connectivity index (χ0v) is 12.2. The molecular weight excluding hydrogens is 271 g/mol. The van der Waals surface area contributed by atoms with E-state index in [2.05, 4.69) is 36.2 Å². The van der Waals surface area contributed by atoms with Gasteiger partial charge in [-0.05, 0) is 24.5 Å². The van der Waals surface area contributed by atoms with Crippen molar-refractivity contribution < 1.29 is 32.7 Å². The number of benzene rings is 1. The maximum absolute atomic E-state index is 4.43. The topological polar surface area (TPSA) is 12.9 Å². The van der Waals surface area contributed by atoms with E-state index in [4.69, 9.17) is 0 Å². The summed E-state index contributed by atoms with van der Waals surface area (Å²) >= 11 is 0. The van der Waals surface area contributed by atoms with E-state index < -0.39 is 0 Å². The van der Waals surface area contributed by atoms with Crippen molar-refractivity contribution in [3.63, 3.8) is 0 Å². The van der Waals surface area contributed by atoms with Crippen LogP contribution in [-0.4, -0.2) is 4.98 Å². The number of rotatable bonds is 0. The van der Waals surface area contributed by atoms with Crippen molar-refractivity contribution in [2.75, 3.05) is 0 Å². The molecule has 16 heavy (non-hydrogen) atoms. The van der Waals surface area contributed by atoms with Crippen LogP contribution >= 0.6 is 0 Å². The molecule has 1 aliphatic carbocycles. The first-order valence-electron chi connectivity index (χ1n) is 5.26. The smallest absolute Gasteiger partial charge is 0.0367 e. The first kappa shape index (κ1) is 11.9. The summed E-state index contributed by atoms with van der Waals surface area (Å²) in [4.78, 5) is 4.43. The molecule has 1 aliphatic rings. The Labute approximate surface area is 121 Å². The minimum absolute atomic E-state index is 0. The molecule has 3 rings (SSSR count). The summed E-state index contributed by atoms with van der Waals surface area (Å²) in [6.45, 7) is 2.10. The van der Waals surface area contributed by atoms with Gasteiger partial charge in [0.25, 0.3) is 0 Å². The largest absolute Gasteiger partial charge is 0.262 e. The van der Waals surface area contributed by atoms with Gasteiger partial charge in [0.2, 0.25) is 0 Å². The van der Waals surface area contributed by atoms with Crippen LogP contribution in [0.15, 0.2) is 30.5 Å². The first-order valence-corrected chi connectivity index (χ1v) is 5.26. The van der Waals surface area contributed by atoms with E-state index >= 15 is 0 Å². The summed E-state index contributed by atoms with van der Waals surface area (Å²) in [6.07, 6.45) is 3.82. The predicted molar refractivity (Wildman–Crippen MR) is 59.9 cm³/mol. The van der Waals surface area contributed by atoms with Crippen molar-refractivity contribution in [1.82, 2.24) is 4.98 Å². The van der Waals surface area contributed by atoms with Crippen molar-refractivity contribution >= 4 is 0 Å². The van der Waals surface area contributed by atoms with Gasteiger partial charge in [0.15, 0.2) is 0 Å². The van der Waals surface area contributed by atoms with Crippen LogP contribution < -0.4 is 0 Å². The van der Waals surface area contributed by atoms with Crippen LogP contribution in [0.5, 0.6) is 0 Å². The molecule has 1 aromatic heterocycles. The minimum Gasteiger partial charge on any atom is -0.262 e. The molecule has 1 nitrogen and oxygen atoms in total. The van der Waals surface area contributed by atoms with Gasteiger partial charge in [-0.2, -0.15) is 29.3 Å². The van der Waals surface area contributed by atoms with Crippen LogP contribution in [0.25, 0.3) is 0 Å². The van der Waals surface area contributed by atoms with Gasteiger partial charge in [0.05, 0.1) is 0 Å². The van der Waals surface area contributed by atoms with Crippen LogP contribution in [0, 0.1) is 13.0 Å². The fourth-order valence-electron chi connectivity index (χ4n) is 2.17. The van der Waals surface area contributed by atoms with Crippen molar-refractivity contribution in [3.05, 3.63) is 64.5 Å². The number of nitrogens with zero attached hydrogens (tertiary/aromatic N) is 1. The molecule has 0 atom stereocenters. The van der Waals surface area contributed by atoms with Crippen molar-refractivity contribution in [2.24, 2.45) is 0 Å². The van der Waals surface area contributed by atoms with Crippen molar-refractivity contribution in [1.29, 1.82) is 0 Å². The molecule has 2 heteroatoms. The minimum atomic E-state index is 0. The Hall–Kier alpha value is -0.526. The second-order valence-electron chi connectivity index (χ2n) is 4.11. The number of aryl methyl sites for hydroxylation is 1. The number of fused-ring (bicyclic) bond motifs is 2. The normalized spacial score (nSPS) is 12.3. The van der Waals surface area contributed by atoms with Gasteiger partial charge in [-0.15, -0.1) is 5.56 Å². The average molecular weight is 283 g/mol. The number of pyridine rings is 1. The molecule has 0 saturated carbocycles. The Kier molecular flexibility index (Phi) is 3.56. The SMILES string of the molecule is Cc1[c-]c2c(cc1)Cc1ncccc1C2.[Y]. The second kappa shape index (κ2) is 4.77. The fraction of sp³-hybridized carbons (Fsp3) is 0.214. The summed E-state index contributed by atoms with van der Waals surface area (Å²) in [5, 5.41) is 0. The Morgan fingerprint density at radius 3 is 2.88 bits per heavy atom. The Morgan fingerprint density at radius 1 is 1.12 bits per heavy atom. The van der Waals surface area contributed by atoms with Crippen LogP contribution in [0.4, 0.5) is 0 Å². The zero-order valence-electron chi connectivity index (χ0n) is 9.33. The summed E-state index contributed by atoms with van der Waals surface area (Å²) in [5.74, 6) is 0. The predicted octanol–water partition coefficient (Wildman–Crippen LogP) is 2.68. The molecule has 1 aromatic carbocycles. The van der Waals surface area contributed by atoms with Gasteiger partial charge in [-0.1, -0.05) is 13.0 Å². The van der Waals surface area contributed by atoms with Crippen LogP contribution in [0.2, 0.25) is 0 Å². The molecule has 0 unspecified atom stereocenters. The number of hydrogen-bond donors (Lipinski definition) is 0. The van der Waals surface area contributed by atoms with Gasteiger partial charge in [-0.3, -0.25) is 4.98 Å².